The SMILES string of the molecule is COc1cccc(N2CCN(C(=O)c3cc(Cl)c4c(c3)OCCCO4)CC2)c1. The first-order valence-electron chi connectivity index (χ1n) is 9.43. The van der Waals surface area contributed by atoms with E-state index < -0.39 is 0 Å². The molecule has 0 unspecified atom stereocenters. The van der Waals surface area contributed by atoms with Crippen LogP contribution in [0.3, 0.4) is 0 Å². The predicted octanol–water partition coefficient (Wildman–Crippen LogP) is 3.47. The number of nitrogens with zero attached hydrogens (tertiary/aromatic N) is 2. The summed E-state index contributed by atoms with van der Waals surface area (Å²) >= 11 is 6.34. The van der Waals surface area contributed by atoms with Gasteiger partial charge in [0, 0.05) is 49.9 Å². The van der Waals surface area contributed by atoms with Crippen LogP contribution in [0, 0.1) is 0 Å². The van der Waals surface area contributed by atoms with Gasteiger partial charge in [-0.1, -0.05) is 17.7 Å². The molecular weight excluding hydrogens is 380 g/mol. The third-order valence-electron chi connectivity index (χ3n) is 5.03. The van der Waals surface area contributed by atoms with E-state index in [2.05, 4.69) is 11.0 Å². The van der Waals surface area contributed by atoms with Crippen LogP contribution >= 0.6 is 11.6 Å². The van der Waals surface area contributed by atoms with Crippen molar-refractivity contribution in [3.05, 3.63) is 47.0 Å². The van der Waals surface area contributed by atoms with Crippen molar-refractivity contribution in [2.75, 3.05) is 51.4 Å². The highest BCUT2D eigenvalue weighted by Gasteiger charge is 2.25. The number of carbonyl (C=O) groups excluding carboxylic acids is 1. The number of fused-ring (bicyclic) bond motifs is 1. The van der Waals surface area contributed by atoms with E-state index in [0.717, 1.165) is 30.9 Å². The summed E-state index contributed by atoms with van der Waals surface area (Å²) in [5.41, 5.74) is 1.63. The minimum Gasteiger partial charge on any atom is -0.497 e. The molecule has 2 aliphatic rings. The Bertz CT molecular complexity index is 865. The molecule has 0 atom stereocenters. The largest absolute Gasteiger partial charge is 0.497 e. The molecule has 0 aromatic heterocycles. The van der Waals surface area contributed by atoms with Gasteiger partial charge in [-0.2, -0.15) is 0 Å². The maximum Gasteiger partial charge on any atom is 0.254 e. The van der Waals surface area contributed by atoms with Gasteiger partial charge in [0.15, 0.2) is 11.5 Å². The quantitative estimate of drug-likeness (QED) is 0.786. The molecule has 0 bridgehead atoms. The van der Waals surface area contributed by atoms with Crippen molar-refractivity contribution in [2.24, 2.45) is 0 Å². The molecule has 0 saturated carbocycles. The van der Waals surface area contributed by atoms with Crippen LogP contribution in [0.15, 0.2) is 36.4 Å². The Hall–Kier alpha value is -2.60. The number of anilines is 1. The molecule has 0 spiro atoms. The predicted molar refractivity (Wildman–Crippen MR) is 108 cm³/mol. The van der Waals surface area contributed by atoms with E-state index in [9.17, 15) is 4.79 Å². The third kappa shape index (κ3) is 3.83. The number of methoxy groups -OCH3 is 1. The van der Waals surface area contributed by atoms with Gasteiger partial charge in [-0.05, 0) is 24.3 Å². The molecule has 0 aliphatic carbocycles. The van der Waals surface area contributed by atoms with E-state index in [0.29, 0.717) is 48.4 Å². The lowest BCUT2D eigenvalue weighted by molar-refractivity contribution is 0.0746. The van der Waals surface area contributed by atoms with Crippen molar-refractivity contribution in [3.8, 4) is 17.2 Å². The summed E-state index contributed by atoms with van der Waals surface area (Å²) in [6, 6.07) is 11.4. The lowest BCUT2D eigenvalue weighted by atomic mass is 10.1. The molecular formula is C21H23ClN2O4. The van der Waals surface area contributed by atoms with Gasteiger partial charge in [0.1, 0.15) is 5.75 Å². The summed E-state index contributed by atoms with van der Waals surface area (Å²) in [4.78, 5) is 17.1. The van der Waals surface area contributed by atoms with E-state index in [-0.39, 0.29) is 5.91 Å². The van der Waals surface area contributed by atoms with Crippen LogP contribution < -0.4 is 19.1 Å². The highest BCUT2D eigenvalue weighted by molar-refractivity contribution is 6.32. The second-order valence-corrected chi connectivity index (χ2v) is 7.22. The highest BCUT2D eigenvalue weighted by Crippen LogP contribution is 2.38. The number of ether oxygens (including phenoxy) is 3. The molecule has 2 aromatic carbocycles. The van der Waals surface area contributed by atoms with Crippen LogP contribution in [0.4, 0.5) is 5.69 Å². The Kier molecular flexibility index (Phi) is 5.48. The second kappa shape index (κ2) is 8.19. The van der Waals surface area contributed by atoms with Crippen LogP contribution in [0.25, 0.3) is 0 Å². The smallest absolute Gasteiger partial charge is 0.254 e. The Balaban J connectivity index is 1.45. The molecule has 148 valence electrons. The van der Waals surface area contributed by atoms with Gasteiger partial charge < -0.3 is 24.0 Å². The Morgan fingerprint density at radius 3 is 2.64 bits per heavy atom. The first kappa shape index (κ1) is 18.7. The monoisotopic (exact) mass is 402 g/mol. The lowest BCUT2D eigenvalue weighted by Crippen LogP contribution is -2.48. The van der Waals surface area contributed by atoms with Crippen molar-refractivity contribution >= 4 is 23.2 Å². The summed E-state index contributed by atoms with van der Waals surface area (Å²) < 4.78 is 16.6. The Labute approximate surface area is 169 Å². The van der Waals surface area contributed by atoms with Crippen LogP contribution in [-0.4, -0.2) is 57.3 Å². The topological polar surface area (TPSA) is 51.2 Å². The van der Waals surface area contributed by atoms with Crippen LogP contribution in [-0.2, 0) is 0 Å². The standard InChI is InChI=1S/C21H23ClN2O4/c1-26-17-5-2-4-16(14-17)23-6-8-24(9-7-23)21(25)15-12-18(22)20-19(13-15)27-10-3-11-28-20/h2,4-5,12-14H,3,6-11H2,1H3. The fraction of sp³-hybridized carbons (Fsp3) is 0.381. The van der Waals surface area contributed by atoms with E-state index in [1.807, 2.05) is 23.1 Å². The van der Waals surface area contributed by atoms with Gasteiger partial charge in [0.2, 0.25) is 0 Å². The zero-order chi connectivity index (χ0) is 19.5. The zero-order valence-electron chi connectivity index (χ0n) is 15.8. The zero-order valence-corrected chi connectivity index (χ0v) is 16.6. The summed E-state index contributed by atoms with van der Waals surface area (Å²) in [5.74, 6) is 1.86. The maximum absolute atomic E-state index is 13.0. The van der Waals surface area contributed by atoms with E-state index in [4.69, 9.17) is 25.8 Å². The van der Waals surface area contributed by atoms with Gasteiger partial charge in [-0.15, -0.1) is 0 Å². The number of amides is 1. The molecule has 1 saturated heterocycles. The highest BCUT2D eigenvalue weighted by atomic mass is 35.5. The first-order chi connectivity index (χ1) is 13.7. The normalized spacial score (nSPS) is 16.5. The lowest BCUT2D eigenvalue weighted by Gasteiger charge is -2.36. The van der Waals surface area contributed by atoms with Crippen molar-refractivity contribution < 1.29 is 19.0 Å². The maximum atomic E-state index is 13.0. The van der Waals surface area contributed by atoms with Crippen molar-refractivity contribution in [3.63, 3.8) is 0 Å². The molecule has 1 amide bonds. The minimum absolute atomic E-state index is 0.0390. The fourth-order valence-electron chi connectivity index (χ4n) is 3.51. The van der Waals surface area contributed by atoms with Gasteiger partial charge >= 0.3 is 0 Å². The fourth-order valence-corrected chi connectivity index (χ4v) is 3.78. The molecule has 4 rings (SSSR count). The Morgan fingerprint density at radius 1 is 1.07 bits per heavy atom. The number of hydrogen-bond donors (Lipinski definition) is 0. The average Bonchev–Trinajstić information content (AvgIpc) is 2.99. The molecule has 7 heteroatoms. The molecule has 6 nitrogen and oxygen atoms in total. The van der Waals surface area contributed by atoms with Gasteiger partial charge in [0.05, 0.1) is 25.3 Å². The third-order valence-corrected chi connectivity index (χ3v) is 5.32. The van der Waals surface area contributed by atoms with Gasteiger partial charge in [-0.25, -0.2) is 0 Å². The van der Waals surface area contributed by atoms with E-state index >= 15 is 0 Å². The number of piperazine rings is 1. The second-order valence-electron chi connectivity index (χ2n) is 6.82. The number of hydrogen-bond acceptors (Lipinski definition) is 5. The summed E-state index contributed by atoms with van der Waals surface area (Å²) in [6.45, 7) is 3.92. The average molecular weight is 403 g/mol. The van der Waals surface area contributed by atoms with Crippen molar-refractivity contribution in [2.45, 2.75) is 6.42 Å². The van der Waals surface area contributed by atoms with Crippen LogP contribution in [0.2, 0.25) is 5.02 Å². The van der Waals surface area contributed by atoms with Gasteiger partial charge in [0.25, 0.3) is 5.91 Å². The molecule has 2 heterocycles. The van der Waals surface area contributed by atoms with Crippen molar-refractivity contribution in [1.82, 2.24) is 4.90 Å². The minimum atomic E-state index is -0.0390. The summed E-state index contributed by atoms with van der Waals surface area (Å²) in [5, 5.41) is 0.415. The molecule has 0 N–H and O–H groups in total. The number of halogens is 1. The van der Waals surface area contributed by atoms with E-state index in [1.165, 1.54) is 0 Å². The number of carbonyl (C=O) groups is 1. The molecule has 1 fully saturated rings. The summed E-state index contributed by atoms with van der Waals surface area (Å²) in [6.07, 6.45) is 0.792. The molecule has 2 aliphatic heterocycles. The Morgan fingerprint density at radius 2 is 1.86 bits per heavy atom. The molecule has 2 aromatic rings. The van der Waals surface area contributed by atoms with Gasteiger partial charge in [-0.3, -0.25) is 4.79 Å². The van der Waals surface area contributed by atoms with Crippen LogP contribution in [0.5, 0.6) is 17.2 Å². The molecule has 0 radical (unpaired) electrons. The number of benzene rings is 2. The first-order valence-corrected chi connectivity index (χ1v) is 9.81. The van der Waals surface area contributed by atoms with E-state index in [1.54, 1.807) is 19.2 Å². The summed E-state index contributed by atoms with van der Waals surface area (Å²) in [7, 11) is 1.66. The number of rotatable bonds is 3. The molecule has 28 heavy (non-hydrogen) atoms. The van der Waals surface area contributed by atoms with Crippen molar-refractivity contribution in [1.29, 1.82) is 0 Å². The van der Waals surface area contributed by atoms with Crippen LogP contribution in [0.1, 0.15) is 16.8 Å².